The van der Waals surface area contributed by atoms with Crippen LogP contribution in [0.15, 0.2) is 54.7 Å². The number of pyridine rings is 1. The van der Waals surface area contributed by atoms with E-state index in [1.807, 2.05) is 31.2 Å². The minimum atomic E-state index is -0.187. The normalized spacial score (nSPS) is 16.4. The van der Waals surface area contributed by atoms with E-state index in [2.05, 4.69) is 33.8 Å². The topological polar surface area (TPSA) is 83.8 Å². The molecule has 0 saturated carbocycles. The van der Waals surface area contributed by atoms with E-state index in [4.69, 9.17) is 11.6 Å². The number of rotatable bonds is 5. The number of halogens is 1. The number of piperazine rings is 2. The first-order chi connectivity index (χ1) is 18.9. The predicted molar refractivity (Wildman–Crippen MR) is 152 cm³/mol. The van der Waals surface area contributed by atoms with Gasteiger partial charge in [0, 0.05) is 57.6 Å². The van der Waals surface area contributed by atoms with Crippen LogP contribution in [0.5, 0.6) is 0 Å². The van der Waals surface area contributed by atoms with E-state index in [0.29, 0.717) is 34.9 Å². The van der Waals surface area contributed by atoms with Gasteiger partial charge in [0.05, 0.1) is 16.3 Å². The van der Waals surface area contributed by atoms with Gasteiger partial charge in [0.2, 0.25) is 5.91 Å². The van der Waals surface area contributed by atoms with Crippen LogP contribution in [0.1, 0.15) is 32.6 Å². The number of hydrogen-bond acceptors (Lipinski definition) is 6. The Bertz CT molecular complexity index is 1440. The zero-order valence-corrected chi connectivity index (χ0v) is 23.0. The van der Waals surface area contributed by atoms with Gasteiger partial charge >= 0.3 is 0 Å². The Morgan fingerprint density at radius 3 is 2.49 bits per heavy atom. The minimum absolute atomic E-state index is 0.0146. The van der Waals surface area contributed by atoms with Gasteiger partial charge < -0.3 is 14.7 Å². The van der Waals surface area contributed by atoms with Crippen molar-refractivity contribution < 1.29 is 9.59 Å². The molecule has 2 amide bonds. The first-order valence-electron chi connectivity index (χ1n) is 13.1. The van der Waals surface area contributed by atoms with Gasteiger partial charge in [-0.3, -0.25) is 14.5 Å². The first kappa shape index (κ1) is 26.7. The van der Waals surface area contributed by atoms with Crippen molar-refractivity contribution in [2.75, 3.05) is 55.6 Å². The summed E-state index contributed by atoms with van der Waals surface area (Å²) in [6.45, 7) is 8.90. The lowest BCUT2D eigenvalue weighted by molar-refractivity contribution is -0.120. The monoisotopic (exact) mass is 542 g/mol. The van der Waals surface area contributed by atoms with Gasteiger partial charge in [-0.2, -0.15) is 5.26 Å². The van der Waals surface area contributed by atoms with Crippen molar-refractivity contribution in [3.8, 4) is 6.07 Å². The van der Waals surface area contributed by atoms with E-state index >= 15 is 0 Å². The van der Waals surface area contributed by atoms with Crippen molar-refractivity contribution >= 4 is 34.9 Å². The number of benzene rings is 2. The molecule has 0 N–H and O–H groups in total. The average Bonchev–Trinajstić information content (AvgIpc) is 2.95. The lowest BCUT2D eigenvalue weighted by atomic mass is 9.98. The second kappa shape index (κ2) is 11.4. The van der Waals surface area contributed by atoms with Gasteiger partial charge in [0.25, 0.3) is 5.91 Å². The largest absolute Gasteiger partial charge is 0.353 e. The maximum Gasteiger partial charge on any atom is 0.254 e. The first-order valence-corrected chi connectivity index (χ1v) is 13.5. The van der Waals surface area contributed by atoms with Crippen molar-refractivity contribution in [3.63, 3.8) is 0 Å². The van der Waals surface area contributed by atoms with Crippen molar-refractivity contribution in [3.05, 3.63) is 87.6 Å². The molecular formula is C30H31ClN6O2. The molecule has 1 aromatic heterocycles. The Hall–Kier alpha value is -3.93. The summed E-state index contributed by atoms with van der Waals surface area (Å²) in [4.78, 5) is 38.9. The van der Waals surface area contributed by atoms with Crippen LogP contribution in [0.2, 0.25) is 5.02 Å². The van der Waals surface area contributed by atoms with E-state index in [9.17, 15) is 14.9 Å². The van der Waals surface area contributed by atoms with Crippen molar-refractivity contribution in [2.24, 2.45) is 0 Å². The highest BCUT2D eigenvalue weighted by atomic mass is 35.5. The van der Waals surface area contributed by atoms with Crippen molar-refractivity contribution in [1.82, 2.24) is 14.8 Å². The van der Waals surface area contributed by atoms with E-state index in [1.165, 1.54) is 0 Å². The Balaban J connectivity index is 1.26. The number of para-hydroxylation sites is 1. The fourth-order valence-electron chi connectivity index (χ4n) is 5.34. The molecule has 2 aliphatic heterocycles. The number of carbonyl (C=O) groups excluding carboxylic acids is 2. The molecule has 0 radical (unpaired) electrons. The van der Waals surface area contributed by atoms with Crippen LogP contribution >= 0.6 is 11.6 Å². The molecule has 8 nitrogen and oxygen atoms in total. The molecule has 0 bridgehead atoms. The van der Waals surface area contributed by atoms with Crippen LogP contribution in [0.3, 0.4) is 0 Å². The van der Waals surface area contributed by atoms with Gasteiger partial charge in [-0.1, -0.05) is 29.8 Å². The summed E-state index contributed by atoms with van der Waals surface area (Å²) in [6, 6.07) is 17.0. The molecular weight excluding hydrogens is 512 g/mol. The number of hydrogen-bond donors (Lipinski definition) is 0. The molecule has 39 heavy (non-hydrogen) atoms. The van der Waals surface area contributed by atoms with Gasteiger partial charge in [0.15, 0.2) is 0 Å². The number of nitriles is 1. The molecule has 0 unspecified atom stereocenters. The molecule has 9 heteroatoms. The maximum absolute atomic E-state index is 13.6. The van der Waals surface area contributed by atoms with Crippen LogP contribution in [0.25, 0.3) is 0 Å². The number of anilines is 2. The number of aromatic nitrogens is 1. The molecule has 0 atom stereocenters. The number of aryl methyl sites for hydroxylation is 2. The van der Waals surface area contributed by atoms with Crippen LogP contribution in [-0.2, 0) is 11.3 Å². The van der Waals surface area contributed by atoms with Crippen molar-refractivity contribution in [1.29, 1.82) is 5.26 Å². The summed E-state index contributed by atoms with van der Waals surface area (Å²) >= 11 is 6.34. The van der Waals surface area contributed by atoms with Crippen LogP contribution in [-0.4, -0.2) is 72.4 Å². The SMILES string of the molecule is Cc1cc(C)c(C(=O)N2CCN(c3ccccc3C#N)C(=O)C2)cc1CN1CCN(c2ncccc2Cl)CC1. The quantitative estimate of drug-likeness (QED) is 0.484. The molecule has 5 rings (SSSR count). The summed E-state index contributed by atoms with van der Waals surface area (Å²) < 4.78 is 0. The summed E-state index contributed by atoms with van der Waals surface area (Å²) in [5.41, 5.74) is 4.84. The van der Waals surface area contributed by atoms with E-state index in [0.717, 1.165) is 55.2 Å². The third-order valence-corrected chi connectivity index (χ3v) is 7.84. The summed E-state index contributed by atoms with van der Waals surface area (Å²) in [5, 5.41) is 10.1. The fraction of sp³-hybridized carbons (Fsp3) is 0.333. The Morgan fingerprint density at radius 2 is 1.77 bits per heavy atom. The Morgan fingerprint density at radius 1 is 1.00 bits per heavy atom. The van der Waals surface area contributed by atoms with E-state index in [-0.39, 0.29) is 18.4 Å². The molecule has 2 fully saturated rings. The van der Waals surface area contributed by atoms with Crippen LogP contribution in [0, 0.1) is 25.2 Å². The smallest absolute Gasteiger partial charge is 0.254 e. The minimum Gasteiger partial charge on any atom is -0.353 e. The zero-order chi connectivity index (χ0) is 27.5. The van der Waals surface area contributed by atoms with Gasteiger partial charge in [-0.15, -0.1) is 0 Å². The zero-order valence-electron chi connectivity index (χ0n) is 22.2. The summed E-state index contributed by atoms with van der Waals surface area (Å²) in [5.74, 6) is 0.502. The third-order valence-electron chi connectivity index (χ3n) is 7.54. The Kier molecular flexibility index (Phi) is 7.82. The highest BCUT2D eigenvalue weighted by Gasteiger charge is 2.30. The molecule has 2 aromatic carbocycles. The molecule has 0 spiro atoms. The highest BCUT2D eigenvalue weighted by molar-refractivity contribution is 6.32. The van der Waals surface area contributed by atoms with Gasteiger partial charge in [-0.25, -0.2) is 4.98 Å². The summed E-state index contributed by atoms with van der Waals surface area (Å²) in [7, 11) is 0. The molecule has 3 heterocycles. The lowest BCUT2D eigenvalue weighted by Crippen LogP contribution is -2.52. The molecule has 3 aromatic rings. The highest BCUT2D eigenvalue weighted by Crippen LogP contribution is 2.26. The third kappa shape index (κ3) is 5.60. The molecule has 0 aliphatic carbocycles. The summed E-state index contributed by atoms with van der Waals surface area (Å²) in [6.07, 6.45) is 1.76. The Labute approximate surface area is 234 Å². The maximum atomic E-state index is 13.6. The molecule has 2 aliphatic rings. The second-order valence-electron chi connectivity index (χ2n) is 10.1. The fourth-order valence-corrected chi connectivity index (χ4v) is 5.58. The molecule has 200 valence electrons. The lowest BCUT2D eigenvalue weighted by Gasteiger charge is -2.36. The van der Waals surface area contributed by atoms with Crippen LogP contribution in [0.4, 0.5) is 11.5 Å². The number of amides is 2. The standard InChI is InChI=1S/C30H31ClN6O2/c1-21-16-22(2)25(17-24(21)19-34-10-12-35(13-11-34)29-26(31)7-5-9-33-29)30(39)36-14-15-37(28(38)20-36)27-8-4-3-6-23(27)18-32/h3-9,16-17H,10-15,19-20H2,1-2H3. The van der Waals surface area contributed by atoms with Crippen LogP contribution < -0.4 is 9.80 Å². The predicted octanol–water partition coefficient (Wildman–Crippen LogP) is 4.03. The van der Waals surface area contributed by atoms with E-state index in [1.54, 1.807) is 34.2 Å². The van der Waals surface area contributed by atoms with Crippen molar-refractivity contribution in [2.45, 2.75) is 20.4 Å². The second-order valence-corrected chi connectivity index (χ2v) is 10.5. The number of carbonyl (C=O) groups is 2. The number of nitrogens with zero attached hydrogens (tertiary/aromatic N) is 6. The van der Waals surface area contributed by atoms with E-state index < -0.39 is 0 Å². The van der Waals surface area contributed by atoms with Gasteiger partial charge in [0.1, 0.15) is 18.4 Å². The molecule has 2 saturated heterocycles. The van der Waals surface area contributed by atoms with Gasteiger partial charge in [-0.05, 0) is 60.9 Å². The average molecular weight is 543 g/mol.